The van der Waals surface area contributed by atoms with Crippen LogP contribution in [0.15, 0.2) is 0 Å². The number of hydrogen-bond acceptors (Lipinski definition) is 5. The van der Waals surface area contributed by atoms with Crippen LogP contribution < -0.4 is 9.80 Å². The molecule has 1 saturated carbocycles. The Balaban J connectivity index is 2.26. The Morgan fingerprint density at radius 2 is 1.71 bits per heavy atom. The first-order chi connectivity index (χ1) is 9.97. The maximum absolute atomic E-state index is 6.09. The van der Waals surface area contributed by atoms with Crippen LogP contribution in [0.2, 0.25) is 5.28 Å². The molecule has 1 fully saturated rings. The lowest BCUT2D eigenvalue weighted by Gasteiger charge is -2.30. The molecule has 0 bridgehead atoms. The summed E-state index contributed by atoms with van der Waals surface area (Å²) in [4.78, 5) is 17.4. The summed E-state index contributed by atoms with van der Waals surface area (Å²) in [5.74, 6) is 2.02. The zero-order valence-corrected chi connectivity index (χ0v) is 14.3. The van der Waals surface area contributed by atoms with E-state index in [1.807, 2.05) is 19.0 Å². The highest BCUT2D eigenvalue weighted by Crippen LogP contribution is 2.28. The summed E-state index contributed by atoms with van der Waals surface area (Å²) in [5, 5.41) is 0.274. The van der Waals surface area contributed by atoms with Crippen molar-refractivity contribution >= 4 is 23.5 Å². The molecule has 2 rings (SSSR count). The van der Waals surface area contributed by atoms with E-state index in [1.54, 1.807) is 0 Å². The van der Waals surface area contributed by atoms with Gasteiger partial charge in [0.1, 0.15) is 0 Å². The van der Waals surface area contributed by atoms with E-state index in [2.05, 4.69) is 33.7 Å². The van der Waals surface area contributed by atoms with Crippen molar-refractivity contribution in [1.29, 1.82) is 0 Å². The fourth-order valence-electron chi connectivity index (χ4n) is 2.72. The second-order valence-corrected chi connectivity index (χ2v) is 6.75. The summed E-state index contributed by atoms with van der Waals surface area (Å²) >= 11 is 6.09. The minimum Gasteiger partial charge on any atom is -0.347 e. The van der Waals surface area contributed by atoms with Gasteiger partial charge in [0.05, 0.1) is 0 Å². The van der Waals surface area contributed by atoms with Crippen molar-refractivity contribution in [3.05, 3.63) is 5.28 Å². The molecule has 0 atom stereocenters. The van der Waals surface area contributed by atoms with E-state index in [9.17, 15) is 0 Å². The molecule has 1 aromatic rings. The van der Waals surface area contributed by atoms with Crippen LogP contribution in [0, 0.1) is 5.92 Å². The van der Waals surface area contributed by atoms with Crippen LogP contribution >= 0.6 is 11.6 Å². The second-order valence-electron chi connectivity index (χ2n) is 6.41. The fraction of sp³-hybridized carbons (Fsp3) is 0.800. The number of rotatable bonds is 6. The molecule has 0 spiro atoms. The number of aromatic nitrogens is 3. The van der Waals surface area contributed by atoms with Crippen LogP contribution in [-0.2, 0) is 0 Å². The van der Waals surface area contributed by atoms with E-state index in [4.69, 9.17) is 11.6 Å². The molecule has 1 aliphatic carbocycles. The molecule has 1 aromatic heterocycles. The smallest absolute Gasteiger partial charge is 0.231 e. The quantitative estimate of drug-likeness (QED) is 0.806. The van der Waals surface area contributed by atoms with Crippen LogP contribution in [0.5, 0.6) is 0 Å². The molecule has 0 amide bonds. The molecule has 0 aliphatic heterocycles. The van der Waals surface area contributed by atoms with Crippen LogP contribution in [0.3, 0.4) is 0 Å². The Kier molecular flexibility index (Phi) is 5.62. The average molecular weight is 312 g/mol. The largest absolute Gasteiger partial charge is 0.347 e. The zero-order chi connectivity index (χ0) is 15.4. The standard InChI is InChI=1S/C15H26ClN5/c1-11(2)9-10-21(12-7-5-6-8-12)15-18-13(16)17-14(19-15)20(3)4/h11-12H,5-10H2,1-4H3. The van der Waals surface area contributed by atoms with E-state index >= 15 is 0 Å². The van der Waals surface area contributed by atoms with E-state index in [0.717, 1.165) is 18.9 Å². The molecule has 118 valence electrons. The monoisotopic (exact) mass is 311 g/mol. The highest BCUT2D eigenvalue weighted by molar-refractivity contribution is 6.28. The summed E-state index contributed by atoms with van der Waals surface area (Å²) in [6.45, 7) is 5.48. The molecule has 6 heteroatoms. The lowest BCUT2D eigenvalue weighted by molar-refractivity contribution is 0.520. The van der Waals surface area contributed by atoms with Crippen LogP contribution in [0.1, 0.15) is 46.0 Å². The minimum atomic E-state index is 0.274. The van der Waals surface area contributed by atoms with Crippen molar-refractivity contribution in [3.63, 3.8) is 0 Å². The molecule has 0 aromatic carbocycles. The van der Waals surface area contributed by atoms with Gasteiger partial charge in [-0.3, -0.25) is 0 Å². The fourth-order valence-corrected chi connectivity index (χ4v) is 2.87. The summed E-state index contributed by atoms with van der Waals surface area (Å²) in [7, 11) is 3.84. The van der Waals surface area contributed by atoms with Gasteiger partial charge >= 0.3 is 0 Å². The van der Waals surface area contributed by atoms with Crippen molar-refractivity contribution in [2.45, 2.75) is 52.0 Å². The summed E-state index contributed by atoms with van der Waals surface area (Å²) < 4.78 is 0. The molecular formula is C15H26ClN5. The van der Waals surface area contributed by atoms with Gasteiger partial charge in [0.15, 0.2) is 0 Å². The van der Waals surface area contributed by atoms with Gasteiger partial charge in [-0.1, -0.05) is 26.7 Å². The van der Waals surface area contributed by atoms with Crippen LogP contribution in [0.25, 0.3) is 0 Å². The lowest BCUT2D eigenvalue weighted by atomic mass is 10.1. The first kappa shape index (κ1) is 16.3. The molecule has 0 unspecified atom stereocenters. The first-order valence-electron chi connectivity index (χ1n) is 7.83. The summed E-state index contributed by atoms with van der Waals surface area (Å²) in [6.07, 6.45) is 6.17. The third-order valence-corrected chi connectivity index (χ3v) is 4.12. The number of anilines is 2. The van der Waals surface area contributed by atoms with Crippen molar-refractivity contribution < 1.29 is 0 Å². The summed E-state index contributed by atoms with van der Waals surface area (Å²) in [6, 6.07) is 0.539. The Morgan fingerprint density at radius 1 is 1.10 bits per heavy atom. The molecule has 1 heterocycles. The summed E-state index contributed by atoms with van der Waals surface area (Å²) in [5.41, 5.74) is 0. The second kappa shape index (κ2) is 7.25. The van der Waals surface area contributed by atoms with Gasteiger partial charge in [0, 0.05) is 26.7 Å². The van der Waals surface area contributed by atoms with Gasteiger partial charge in [-0.05, 0) is 36.8 Å². The Morgan fingerprint density at radius 3 is 2.29 bits per heavy atom. The molecule has 0 saturated heterocycles. The van der Waals surface area contributed by atoms with E-state index in [1.165, 1.54) is 25.7 Å². The molecule has 0 N–H and O–H groups in total. The number of nitrogens with zero attached hydrogens (tertiary/aromatic N) is 5. The topological polar surface area (TPSA) is 45.2 Å². The van der Waals surface area contributed by atoms with E-state index < -0.39 is 0 Å². The van der Waals surface area contributed by atoms with Gasteiger partial charge in [-0.15, -0.1) is 0 Å². The van der Waals surface area contributed by atoms with Crippen molar-refractivity contribution in [1.82, 2.24) is 15.0 Å². The predicted octanol–water partition coefficient (Wildman–Crippen LogP) is 3.39. The van der Waals surface area contributed by atoms with Crippen LogP contribution in [0.4, 0.5) is 11.9 Å². The van der Waals surface area contributed by atoms with Crippen molar-refractivity contribution in [3.8, 4) is 0 Å². The lowest BCUT2D eigenvalue weighted by Crippen LogP contribution is -2.36. The zero-order valence-electron chi connectivity index (χ0n) is 13.5. The molecular weight excluding hydrogens is 286 g/mol. The Bertz CT molecular complexity index is 457. The Labute approximate surface area is 132 Å². The SMILES string of the molecule is CC(C)CCN(c1nc(Cl)nc(N(C)C)n1)C1CCCC1. The van der Waals surface area contributed by atoms with Gasteiger partial charge in [-0.25, -0.2) is 0 Å². The molecule has 5 nitrogen and oxygen atoms in total. The predicted molar refractivity (Wildman–Crippen MR) is 88.2 cm³/mol. The van der Waals surface area contributed by atoms with Gasteiger partial charge in [-0.2, -0.15) is 15.0 Å². The van der Waals surface area contributed by atoms with Crippen molar-refractivity contribution in [2.75, 3.05) is 30.4 Å². The maximum Gasteiger partial charge on any atom is 0.231 e. The van der Waals surface area contributed by atoms with Gasteiger partial charge < -0.3 is 9.80 Å². The molecule has 0 radical (unpaired) electrons. The molecule has 21 heavy (non-hydrogen) atoms. The maximum atomic E-state index is 6.09. The normalized spacial score (nSPS) is 15.7. The minimum absolute atomic E-state index is 0.274. The average Bonchev–Trinajstić information content (AvgIpc) is 2.92. The van der Waals surface area contributed by atoms with Crippen molar-refractivity contribution in [2.24, 2.45) is 5.92 Å². The first-order valence-corrected chi connectivity index (χ1v) is 8.20. The van der Waals surface area contributed by atoms with Gasteiger partial charge in [0.25, 0.3) is 0 Å². The number of hydrogen-bond donors (Lipinski definition) is 0. The Hall–Kier alpha value is -1.10. The van der Waals surface area contributed by atoms with Crippen LogP contribution in [-0.4, -0.2) is 41.6 Å². The highest BCUT2D eigenvalue weighted by Gasteiger charge is 2.25. The third kappa shape index (κ3) is 4.43. The number of halogens is 1. The van der Waals surface area contributed by atoms with E-state index in [-0.39, 0.29) is 5.28 Å². The highest BCUT2D eigenvalue weighted by atomic mass is 35.5. The third-order valence-electron chi connectivity index (χ3n) is 3.95. The molecule has 1 aliphatic rings. The van der Waals surface area contributed by atoms with E-state index in [0.29, 0.717) is 17.9 Å². The van der Waals surface area contributed by atoms with Gasteiger partial charge in [0.2, 0.25) is 17.2 Å².